The van der Waals surface area contributed by atoms with E-state index in [1.807, 2.05) is 10.8 Å². The zero-order chi connectivity index (χ0) is 17.7. The molecule has 2 aliphatic rings. The van der Waals surface area contributed by atoms with Gasteiger partial charge in [0.2, 0.25) is 5.91 Å². The molecule has 0 spiro atoms. The average Bonchev–Trinajstić information content (AvgIpc) is 3.02. The Balaban J connectivity index is 1.53. The summed E-state index contributed by atoms with van der Waals surface area (Å²) in [5.41, 5.74) is 0. The number of carbonyl (C=O) groups is 1. The molecule has 0 unspecified atom stereocenters. The number of hydrogen-bond acceptors (Lipinski definition) is 4. The number of rotatable bonds is 5. The van der Waals surface area contributed by atoms with Crippen molar-refractivity contribution in [1.29, 1.82) is 0 Å². The van der Waals surface area contributed by atoms with Crippen molar-refractivity contribution in [2.75, 3.05) is 39.3 Å². The molecule has 140 valence electrons. The van der Waals surface area contributed by atoms with E-state index in [-0.39, 0.29) is 5.91 Å². The van der Waals surface area contributed by atoms with Crippen molar-refractivity contribution in [1.82, 2.24) is 23.1 Å². The summed E-state index contributed by atoms with van der Waals surface area (Å²) in [7, 11) is -3.39. The molecule has 3 rings (SSSR count). The van der Waals surface area contributed by atoms with Crippen molar-refractivity contribution < 1.29 is 13.2 Å². The van der Waals surface area contributed by atoms with Crippen LogP contribution in [0.3, 0.4) is 0 Å². The fourth-order valence-electron chi connectivity index (χ4n) is 3.43. The number of hydrogen-bond donors (Lipinski definition) is 0. The van der Waals surface area contributed by atoms with E-state index in [9.17, 15) is 13.2 Å². The van der Waals surface area contributed by atoms with Gasteiger partial charge in [0.15, 0.2) is 0 Å². The van der Waals surface area contributed by atoms with E-state index >= 15 is 0 Å². The van der Waals surface area contributed by atoms with Crippen LogP contribution in [0.2, 0.25) is 0 Å². The normalized spacial score (nSPS) is 21.2. The molecule has 2 fully saturated rings. The van der Waals surface area contributed by atoms with E-state index in [4.69, 9.17) is 0 Å². The predicted molar refractivity (Wildman–Crippen MR) is 94.0 cm³/mol. The topological polar surface area (TPSA) is 78.8 Å². The van der Waals surface area contributed by atoms with Crippen molar-refractivity contribution in [2.45, 2.75) is 38.6 Å². The summed E-state index contributed by atoms with van der Waals surface area (Å²) in [6.45, 7) is 3.80. The maximum atomic E-state index is 12.8. The standard InChI is InChI=1S/C16H27N5O3S/c22-16(5-11-18-12-6-17-15-18)19-7-4-10-21(14-13-19)25(23,24)20-8-2-1-3-9-20/h6,12,15H,1-5,7-11,13-14H2. The smallest absolute Gasteiger partial charge is 0.282 e. The van der Waals surface area contributed by atoms with Crippen molar-refractivity contribution in [3.63, 3.8) is 0 Å². The molecule has 0 atom stereocenters. The summed E-state index contributed by atoms with van der Waals surface area (Å²) >= 11 is 0. The van der Waals surface area contributed by atoms with Crippen LogP contribution in [0.25, 0.3) is 0 Å². The number of piperidine rings is 1. The van der Waals surface area contributed by atoms with E-state index in [1.54, 1.807) is 26.0 Å². The highest BCUT2D eigenvalue weighted by Gasteiger charge is 2.32. The number of amides is 1. The third-order valence-corrected chi connectivity index (χ3v) is 6.95. The third kappa shape index (κ3) is 4.59. The maximum Gasteiger partial charge on any atom is 0.282 e. The van der Waals surface area contributed by atoms with Crippen LogP contribution in [-0.4, -0.2) is 76.7 Å². The lowest BCUT2D eigenvalue weighted by Crippen LogP contribution is -2.47. The maximum absolute atomic E-state index is 12.8. The summed E-state index contributed by atoms with van der Waals surface area (Å²) in [6, 6.07) is 0. The first-order valence-electron chi connectivity index (χ1n) is 9.06. The van der Waals surface area contributed by atoms with Gasteiger partial charge in [-0.25, -0.2) is 4.98 Å². The van der Waals surface area contributed by atoms with E-state index in [0.29, 0.717) is 58.7 Å². The molecule has 2 saturated heterocycles. The fraction of sp³-hybridized carbons (Fsp3) is 0.750. The number of carbonyl (C=O) groups excluding carboxylic acids is 1. The summed E-state index contributed by atoms with van der Waals surface area (Å²) in [4.78, 5) is 18.2. The van der Waals surface area contributed by atoms with Gasteiger partial charge in [-0.15, -0.1) is 0 Å². The van der Waals surface area contributed by atoms with Crippen LogP contribution >= 0.6 is 0 Å². The van der Waals surface area contributed by atoms with Crippen molar-refractivity contribution in [3.8, 4) is 0 Å². The molecule has 8 nitrogen and oxygen atoms in total. The monoisotopic (exact) mass is 369 g/mol. The largest absolute Gasteiger partial charge is 0.341 e. The van der Waals surface area contributed by atoms with E-state index in [0.717, 1.165) is 19.3 Å². The van der Waals surface area contributed by atoms with Crippen LogP contribution < -0.4 is 0 Å². The second-order valence-electron chi connectivity index (χ2n) is 6.65. The van der Waals surface area contributed by atoms with Crippen LogP contribution in [0.4, 0.5) is 0 Å². The Morgan fingerprint density at radius 2 is 1.64 bits per heavy atom. The van der Waals surface area contributed by atoms with Crippen molar-refractivity contribution >= 4 is 16.1 Å². The Bertz CT molecular complexity index is 655. The molecule has 25 heavy (non-hydrogen) atoms. The average molecular weight is 369 g/mol. The van der Waals surface area contributed by atoms with Gasteiger partial charge in [0.1, 0.15) is 0 Å². The van der Waals surface area contributed by atoms with Gasteiger partial charge in [0, 0.05) is 64.6 Å². The van der Waals surface area contributed by atoms with Gasteiger partial charge in [-0.05, 0) is 19.3 Å². The molecule has 2 aliphatic heterocycles. The lowest BCUT2D eigenvalue weighted by atomic mass is 10.2. The van der Waals surface area contributed by atoms with E-state index in [2.05, 4.69) is 4.98 Å². The lowest BCUT2D eigenvalue weighted by Gasteiger charge is -2.31. The van der Waals surface area contributed by atoms with Crippen LogP contribution in [0.15, 0.2) is 18.7 Å². The Labute approximate surface area is 149 Å². The number of aryl methyl sites for hydroxylation is 1. The molecule has 0 aliphatic carbocycles. The summed E-state index contributed by atoms with van der Waals surface area (Å²) in [5.74, 6) is 0.0749. The number of imidazole rings is 1. The van der Waals surface area contributed by atoms with Crippen molar-refractivity contribution in [3.05, 3.63) is 18.7 Å². The number of nitrogens with zero attached hydrogens (tertiary/aromatic N) is 5. The Hall–Kier alpha value is -1.45. The second kappa shape index (κ2) is 8.29. The van der Waals surface area contributed by atoms with Gasteiger partial charge in [-0.3, -0.25) is 4.79 Å². The molecule has 0 aromatic carbocycles. The minimum absolute atomic E-state index is 0.0749. The molecule has 0 N–H and O–H groups in total. The molecule has 0 bridgehead atoms. The number of aromatic nitrogens is 2. The Morgan fingerprint density at radius 1 is 0.920 bits per heavy atom. The van der Waals surface area contributed by atoms with Gasteiger partial charge < -0.3 is 9.47 Å². The van der Waals surface area contributed by atoms with E-state index < -0.39 is 10.2 Å². The minimum atomic E-state index is -3.39. The van der Waals surface area contributed by atoms with Gasteiger partial charge >= 0.3 is 0 Å². The molecule has 3 heterocycles. The minimum Gasteiger partial charge on any atom is -0.341 e. The second-order valence-corrected chi connectivity index (χ2v) is 8.58. The lowest BCUT2D eigenvalue weighted by molar-refractivity contribution is -0.131. The van der Waals surface area contributed by atoms with Crippen LogP contribution in [-0.2, 0) is 21.5 Å². The van der Waals surface area contributed by atoms with Gasteiger partial charge in [0.05, 0.1) is 6.33 Å². The molecule has 0 saturated carbocycles. The summed E-state index contributed by atoms with van der Waals surface area (Å²) < 4.78 is 30.6. The van der Waals surface area contributed by atoms with Gasteiger partial charge in [0.25, 0.3) is 10.2 Å². The SMILES string of the molecule is O=C(CCn1ccnc1)N1CCCN(S(=O)(=O)N2CCCCC2)CC1. The zero-order valence-electron chi connectivity index (χ0n) is 14.6. The molecule has 1 aromatic heterocycles. The third-order valence-electron chi connectivity index (χ3n) is 4.92. The van der Waals surface area contributed by atoms with Gasteiger partial charge in [-0.1, -0.05) is 6.42 Å². The highest BCUT2D eigenvalue weighted by molar-refractivity contribution is 7.86. The highest BCUT2D eigenvalue weighted by atomic mass is 32.2. The predicted octanol–water partition coefficient (Wildman–Crippen LogP) is 0.538. The van der Waals surface area contributed by atoms with Crippen molar-refractivity contribution in [2.24, 2.45) is 0 Å². The van der Waals surface area contributed by atoms with Gasteiger partial charge in [-0.2, -0.15) is 17.0 Å². The molecule has 1 amide bonds. The van der Waals surface area contributed by atoms with E-state index in [1.165, 1.54) is 0 Å². The fourth-order valence-corrected chi connectivity index (χ4v) is 5.15. The first-order valence-corrected chi connectivity index (χ1v) is 10.5. The van der Waals surface area contributed by atoms with Crippen LogP contribution in [0, 0.1) is 0 Å². The molecular formula is C16H27N5O3S. The summed E-state index contributed by atoms with van der Waals surface area (Å²) in [6.07, 6.45) is 9.30. The molecule has 0 radical (unpaired) electrons. The zero-order valence-corrected chi connectivity index (χ0v) is 15.4. The first kappa shape index (κ1) is 18.3. The highest BCUT2D eigenvalue weighted by Crippen LogP contribution is 2.18. The summed E-state index contributed by atoms with van der Waals surface area (Å²) in [5, 5.41) is 0. The molecular weight excluding hydrogens is 342 g/mol. The first-order chi connectivity index (χ1) is 12.1. The quantitative estimate of drug-likeness (QED) is 0.759. The van der Waals surface area contributed by atoms with Crippen LogP contribution in [0.1, 0.15) is 32.1 Å². The molecule has 9 heteroatoms. The van der Waals surface area contributed by atoms with Crippen LogP contribution in [0.5, 0.6) is 0 Å². The Kier molecular flexibility index (Phi) is 6.08. The Morgan fingerprint density at radius 3 is 2.36 bits per heavy atom. The molecule has 1 aromatic rings.